The van der Waals surface area contributed by atoms with Crippen LogP contribution in [0.15, 0.2) is 29.3 Å². The minimum Gasteiger partial charge on any atom is -0.396 e. The van der Waals surface area contributed by atoms with Crippen molar-refractivity contribution >= 4 is 45.5 Å². The molecule has 2 rings (SSSR count). The van der Waals surface area contributed by atoms with Gasteiger partial charge in [-0.15, -0.1) is 24.0 Å². The quantitative estimate of drug-likeness (QED) is 0.248. The van der Waals surface area contributed by atoms with Crippen molar-refractivity contribution in [2.24, 2.45) is 10.9 Å². The molecule has 0 aliphatic carbocycles. The molecule has 1 atom stereocenters. The van der Waals surface area contributed by atoms with E-state index in [1.165, 1.54) is 11.9 Å². The van der Waals surface area contributed by atoms with Gasteiger partial charge >= 0.3 is 0 Å². The molecule has 1 fully saturated rings. The Balaban J connectivity index is 0.00000450. The molecule has 1 aliphatic rings. The summed E-state index contributed by atoms with van der Waals surface area (Å²) >= 11 is 0. The third-order valence-corrected chi connectivity index (χ3v) is 6.22. The first-order valence-electron chi connectivity index (χ1n) is 10.5. The maximum absolute atomic E-state index is 11.3. The summed E-state index contributed by atoms with van der Waals surface area (Å²) in [7, 11) is -2.96. The number of aliphatic hydroxyl groups is 1. The van der Waals surface area contributed by atoms with Crippen LogP contribution in [0.4, 0.5) is 5.69 Å². The van der Waals surface area contributed by atoms with Crippen LogP contribution in [0.3, 0.4) is 0 Å². The smallest absolute Gasteiger partial charge is 0.191 e. The number of benzene rings is 1. The molecular formula is C21H37IN4O3S. The number of aliphatic imine (C=N–C) groups is 1. The number of rotatable bonds is 9. The van der Waals surface area contributed by atoms with Crippen LogP contribution in [0.2, 0.25) is 0 Å². The van der Waals surface area contributed by atoms with E-state index in [9.17, 15) is 13.5 Å². The maximum Gasteiger partial charge on any atom is 0.191 e. The fraction of sp³-hybridized carbons (Fsp3) is 0.667. The van der Waals surface area contributed by atoms with Gasteiger partial charge in [0, 0.05) is 44.2 Å². The molecule has 7 nitrogen and oxygen atoms in total. The van der Waals surface area contributed by atoms with E-state index in [2.05, 4.69) is 44.8 Å². The number of anilines is 1. The molecule has 3 N–H and O–H groups in total. The summed E-state index contributed by atoms with van der Waals surface area (Å²) in [5, 5.41) is 15.8. The Morgan fingerprint density at radius 1 is 1.27 bits per heavy atom. The third kappa shape index (κ3) is 9.82. The van der Waals surface area contributed by atoms with Crippen LogP contribution in [-0.2, 0) is 16.4 Å². The second-order valence-corrected chi connectivity index (χ2v) is 10.2. The summed E-state index contributed by atoms with van der Waals surface area (Å²) in [4.78, 5) is 7.00. The SMILES string of the molecule is CCNC(=NCc1ccc(N2CCC(CO)CC2)cc1)NC(C)CCS(C)(=O)=O.I. The first-order chi connectivity index (χ1) is 13.8. The van der Waals surface area contributed by atoms with Crippen molar-refractivity contribution in [1.29, 1.82) is 0 Å². The molecule has 0 saturated carbocycles. The molecular weight excluding hydrogens is 515 g/mol. The van der Waals surface area contributed by atoms with Crippen LogP contribution in [0.1, 0.15) is 38.7 Å². The minimum absolute atomic E-state index is 0. The van der Waals surface area contributed by atoms with Gasteiger partial charge in [0.2, 0.25) is 0 Å². The molecule has 1 saturated heterocycles. The molecule has 0 spiro atoms. The van der Waals surface area contributed by atoms with Crippen molar-refractivity contribution in [3.63, 3.8) is 0 Å². The zero-order valence-corrected chi connectivity index (χ0v) is 21.4. The monoisotopic (exact) mass is 552 g/mol. The van der Waals surface area contributed by atoms with Crippen molar-refractivity contribution in [3.05, 3.63) is 29.8 Å². The van der Waals surface area contributed by atoms with Gasteiger partial charge in [0.15, 0.2) is 5.96 Å². The first kappa shape index (κ1) is 27.0. The maximum atomic E-state index is 11.3. The molecule has 30 heavy (non-hydrogen) atoms. The van der Waals surface area contributed by atoms with Gasteiger partial charge in [-0.25, -0.2) is 13.4 Å². The lowest BCUT2D eigenvalue weighted by atomic mass is 9.97. The largest absolute Gasteiger partial charge is 0.396 e. The van der Waals surface area contributed by atoms with Gasteiger partial charge in [-0.1, -0.05) is 12.1 Å². The Kier molecular flexibility index (Phi) is 12.0. The Labute approximate surface area is 198 Å². The summed E-state index contributed by atoms with van der Waals surface area (Å²) in [5.41, 5.74) is 2.34. The normalized spacial score (nSPS) is 16.7. The van der Waals surface area contributed by atoms with Gasteiger partial charge in [-0.2, -0.15) is 0 Å². The van der Waals surface area contributed by atoms with Crippen molar-refractivity contribution in [2.45, 2.75) is 45.7 Å². The molecule has 1 aromatic rings. The number of nitrogens with one attached hydrogen (secondary N) is 2. The number of halogens is 1. The summed E-state index contributed by atoms with van der Waals surface area (Å²) in [5.74, 6) is 1.30. The summed E-state index contributed by atoms with van der Waals surface area (Å²) in [6.07, 6.45) is 3.89. The minimum atomic E-state index is -2.96. The van der Waals surface area contributed by atoms with Crippen LogP contribution in [0.5, 0.6) is 0 Å². The standard InChI is InChI=1S/C21H36N4O3S.HI/c1-4-22-21(24-17(2)11-14-29(3,27)28)23-15-18-5-7-20(8-6-18)25-12-9-19(16-26)10-13-25;/h5-8,17,19,26H,4,9-16H2,1-3H3,(H2,22,23,24);1H. The average molecular weight is 553 g/mol. The number of guanidine groups is 1. The topological polar surface area (TPSA) is 94.0 Å². The first-order valence-corrected chi connectivity index (χ1v) is 12.5. The van der Waals surface area contributed by atoms with Crippen LogP contribution in [0, 0.1) is 5.92 Å². The average Bonchev–Trinajstić information content (AvgIpc) is 2.71. The molecule has 1 heterocycles. The Morgan fingerprint density at radius 3 is 2.43 bits per heavy atom. The molecule has 172 valence electrons. The molecule has 1 aromatic carbocycles. The van der Waals surface area contributed by atoms with Gasteiger partial charge in [0.1, 0.15) is 9.84 Å². The Morgan fingerprint density at radius 2 is 1.90 bits per heavy atom. The highest BCUT2D eigenvalue weighted by atomic mass is 127. The van der Waals surface area contributed by atoms with Crippen LogP contribution >= 0.6 is 24.0 Å². The predicted octanol–water partition coefficient (Wildman–Crippen LogP) is 2.39. The van der Waals surface area contributed by atoms with E-state index in [1.807, 2.05) is 13.8 Å². The van der Waals surface area contributed by atoms with Crippen LogP contribution < -0.4 is 15.5 Å². The number of aliphatic hydroxyl groups excluding tert-OH is 1. The highest BCUT2D eigenvalue weighted by molar-refractivity contribution is 14.0. The fourth-order valence-corrected chi connectivity index (χ4v) is 4.15. The number of nitrogens with zero attached hydrogens (tertiary/aromatic N) is 2. The molecule has 0 aromatic heterocycles. The lowest BCUT2D eigenvalue weighted by Crippen LogP contribution is -2.42. The summed E-state index contributed by atoms with van der Waals surface area (Å²) in [6, 6.07) is 8.51. The van der Waals surface area contributed by atoms with E-state index in [0.717, 1.165) is 38.0 Å². The number of piperidine rings is 1. The highest BCUT2D eigenvalue weighted by Crippen LogP contribution is 2.23. The van der Waals surface area contributed by atoms with Crippen molar-refractivity contribution in [1.82, 2.24) is 10.6 Å². The second-order valence-electron chi connectivity index (χ2n) is 7.94. The van der Waals surface area contributed by atoms with Gasteiger partial charge in [-0.3, -0.25) is 0 Å². The van der Waals surface area contributed by atoms with E-state index in [-0.39, 0.29) is 35.8 Å². The number of hydrogen-bond acceptors (Lipinski definition) is 5. The predicted molar refractivity (Wildman–Crippen MR) is 136 cm³/mol. The molecule has 0 amide bonds. The van der Waals surface area contributed by atoms with Crippen molar-refractivity contribution in [3.8, 4) is 0 Å². The van der Waals surface area contributed by atoms with E-state index in [4.69, 9.17) is 0 Å². The van der Waals surface area contributed by atoms with Crippen molar-refractivity contribution in [2.75, 3.05) is 43.1 Å². The lowest BCUT2D eigenvalue weighted by molar-refractivity contribution is 0.203. The summed E-state index contributed by atoms with van der Waals surface area (Å²) in [6.45, 7) is 7.54. The molecule has 0 radical (unpaired) electrons. The second kappa shape index (κ2) is 13.4. The molecule has 0 bridgehead atoms. The molecule has 9 heteroatoms. The van der Waals surface area contributed by atoms with E-state index < -0.39 is 9.84 Å². The van der Waals surface area contributed by atoms with Gasteiger partial charge < -0.3 is 20.6 Å². The van der Waals surface area contributed by atoms with Crippen molar-refractivity contribution < 1.29 is 13.5 Å². The van der Waals surface area contributed by atoms with Gasteiger partial charge in [0.05, 0.1) is 12.3 Å². The van der Waals surface area contributed by atoms with Crippen LogP contribution in [0.25, 0.3) is 0 Å². The molecule has 1 unspecified atom stereocenters. The highest BCUT2D eigenvalue weighted by Gasteiger charge is 2.18. The van der Waals surface area contributed by atoms with E-state index in [0.29, 0.717) is 31.4 Å². The van der Waals surface area contributed by atoms with Gasteiger partial charge in [0.25, 0.3) is 0 Å². The lowest BCUT2D eigenvalue weighted by Gasteiger charge is -2.32. The molecule has 1 aliphatic heterocycles. The summed E-state index contributed by atoms with van der Waals surface area (Å²) < 4.78 is 22.7. The fourth-order valence-electron chi connectivity index (χ4n) is 3.37. The third-order valence-electron chi connectivity index (χ3n) is 5.24. The zero-order valence-electron chi connectivity index (χ0n) is 18.3. The number of sulfone groups is 1. The Bertz CT molecular complexity index is 748. The van der Waals surface area contributed by atoms with E-state index >= 15 is 0 Å². The van der Waals surface area contributed by atoms with Crippen LogP contribution in [-0.4, -0.2) is 63.8 Å². The van der Waals surface area contributed by atoms with Gasteiger partial charge in [-0.05, 0) is 56.7 Å². The zero-order chi connectivity index (χ0) is 21.3. The Hall–Kier alpha value is -1.07. The van der Waals surface area contributed by atoms with E-state index in [1.54, 1.807) is 0 Å². The number of hydrogen-bond donors (Lipinski definition) is 3.